The predicted octanol–water partition coefficient (Wildman–Crippen LogP) is 4.60. The van der Waals surface area contributed by atoms with Gasteiger partial charge in [0.25, 0.3) is 0 Å². The minimum atomic E-state index is -0.934. The molecule has 0 bridgehead atoms. The molecule has 0 saturated carbocycles. The maximum atomic E-state index is 11.1. The van der Waals surface area contributed by atoms with Gasteiger partial charge in [-0.1, -0.05) is 18.2 Å². The van der Waals surface area contributed by atoms with Crippen LogP contribution in [-0.4, -0.2) is 16.1 Å². The highest BCUT2D eigenvalue weighted by atomic mass is 16.4. The molecule has 0 amide bonds. The minimum Gasteiger partial charge on any atom is -0.478 e. The molecule has 23 heavy (non-hydrogen) atoms. The van der Waals surface area contributed by atoms with E-state index < -0.39 is 5.97 Å². The number of aromatic nitrogens is 1. The summed E-state index contributed by atoms with van der Waals surface area (Å²) >= 11 is 0. The summed E-state index contributed by atoms with van der Waals surface area (Å²) in [6, 6.07) is 12.9. The third-order valence-corrected chi connectivity index (χ3v) is 3.89. The lowest BCUT2D eigenvalue weighted by Gasteiger charge is -2.14. The Kier molecular flexibility index (Phi) is 3.74. The molecule has 3 aromatic rings. The summed E-state index contributed by atoms with van der Waals surface area (Å²) in [7, 11) is 0. The topological polar surface area (TPSA) is 62.2 Å². The fourth-order valence-electron chi connectivity index (χ4n) is 2.75. The molecule has 0 aliphatic heterocycles. The van der Waals surface area contributed by atoms with Gasteiger partial charge in [-0.15, -0.1) is 0 Å². The zero-order chi connectivity index (χ0) is 16.6. The smallest absolute Gasteiger partial charge is 0.335 e. The summed E-state index contributed by atoms with van der Waals surface area (Å²) in [5.74, 6) is -0.934. The Bertz CT molecular complexity index is 917. The summed E-state index contributed by atoms with van der Waals surface area (Å²) < 4.78 is 0. The van der Waals surface area contributed by atoms with Gasteiger partial charge in [0.05, 0.1) is 16.8 Å². The second-order valence-corrected chi connectivity index (χ2v) is 5.75. The molecule has 0 aliphatic carbocycles. The van der Waals surface area contributed by atoms with Gasteiger partial charge in [0.2, 0.25) is 0 Å². The number of fused-ring (bicyclic) bond motifs is 1. The number of carboxylic acids is 1. The average molecular weight is 306 g/mol. The van der Waals surface area contributed by atoms with Gasteiger partial charge in [0.15, 0.2) is 0 Å². The Hall–Kier alpha value is -2.88. The summed E-state index contributed by atoms with van der Waals surface area (Å²) in [5.41, 5.74) is 6.10. The normalized spacial score (nSPS) is 10.7. The molecule has 0 saturated heterocycles. The van der Waals surface area contributed by atoms with Crippen LogP contribution < -0.4 is 5.32 Å². The molecule has 0 unspecified atom stereocenters. The van der Waals surface area contributed by atoms with E-state index in [0.717, 1.165) is 39.1 Å². The van der Waals surface area contributed by atoms with Gasteiger partial charge in [0.1, 0.15) is 0 Å². The number of aryl methyl sites for hydroxylation is 3. The Morgan fingerprint density at radius 1 is 1.04 bits per heavy atom. The van der Waals surface area contributed by atoms with Crippen molar-refractivity contribution in [3.05, 3.63) is 64.8 Å². The Labute approximate surface area is 134 Å². The molecule has 2 aromatic carbocycles. The van der Waals surface area contributed by atoms with E-state index in [0.29, 0.717) is 0 Å². The number of aromatic carboxylic acids is 1. The lowest BCUT2D eigenvalue weighted by molar-refractivity contribution is 0.0697. The van der Waals surface area contributed by atoms with E-state index in [1.54, 1.807) is 18.2 Å². The van der Waals surface area contributed by atoms with Crippen LogP contribution in [0.1, 0.15) is 27.2 Å². The monoisotopic (exact) mass is 306 g/mol. The highest BCUT2D eigenvalue weighted by Crippen LogP contribution is 2.31. The van der Waals surface area contributed by atoms with Crippen LogP contribution in [0.3, 0.4) is 0 Å². The summed E-state index contributed by atoms with van der Waals surface area (Å²) in [6.07, 6.45) is 0. The van der Waals surface area contributed by atoms with Crippen molar-refractivity contribution in [1.29, 1.82) is 0 Å². The van der Waals surface area contributed by atoms with E-state index in [9.17, 15) is 4.79 Å². The van der Waals surface area contributed by atoms with Crippen LogP contribution in [0.4, 0.5) is 11.4 Å². The average Bonchev–Trinajstić information content (AvgIpc) is 2.51. The zero-order valence-electron chi connectivity index (χ0n) is 13.3. The van der Waals surface area contributed by atoms with Crippen LogP contribution in [0.2, 0.25) is 0 Å². The fraction of sp³-hybridized carbons (Fsp3) is 0.158. The molecule has 0 atom stereocenters. The lowest BCUT2D eigenvalue weighted by atomic mass is 10.0. The predicted molar refractivity (Wildman–Crippen MR) is 92.6 cm³/mol. The molecule has 4 nitrogen and oxygen atoms in total. The number of carboxylic acid groups (broad SMARTS) is 1. The molecule has 4 heteroatoms. The van der Waals surface area contributed by atoms with Crippen molar-refractivity contribution in [3.63, 3.8) is 0 Å². The van der Waals surface area contributed by atoms with Crippen LogP contribution in [0.5, 0.6) is 0 Å². The van der Waals surface area contributed by atoms with E-state index in [1.807, 2.05) is 26.0 Å². The summed E-state index contributed by atoms with van der Waals surface area (Å²) in [4.78, 5) is 15.8. The van der Waals surface area contributed by atoms with Gasteiger partial charge in [-0.2, -0.15) is 0 Å². The highest BCUT2D eigenvalue weighted by molar-refractivity contribution is 5.98. The van der Waals surface area contributed by atoms with Crippen molar-refractivity contribution in [2.75, 3.05) is 5.32 Å². The number of nitrogens with one attached hydrogen (secondary N) is 1. The molecular formula is C19H18N2O2. The molecule has 1 heterocycles. The lowest BCUT2D eigenvalue weighted by Crippen LogP contribution is -2.00. The number of nitrogens with zero attached hydrogens (tertiary/aromatic N) is 1. The highest BCUT2D eigenvalue weighted by Gasteiger charge is 2.10. The minimum absolute atomic E-state index is 0.262. The first-order valence-electron chi connectivity index (χ1n) is 7.43. The van der Waals surface area contributed by atoms with Crippen molar-refractivity contribution < 1.29 is 9.90 Å². The third-order valence-electron chi connectivity index (χ3n) is 3.89. The van der Waals surface area contributed by atoms with Gasteiger partial charge in [-0.05, 0) is 56.2 Å². The first-order chi connectivity index (χ1) is 11.0. The Balaban J connectivity index is 2.15. The zero-order valence-corrected chi connectivity index (χ0v) is 13.3. The van der Waals surface area contributed by atoms with E-state index in [2.05, 4.69) is 29.4 Å². The molecule has 0 radical (unpaired) electrons. The summed E-state index contributed by atoms with van der Waals surface area (Å²) in [6.45, 7) is 6.06. The molecular weight excluding hydrogens is 288 g/mol. The summed E-state index contributed by atoms with van der Waals surface area (Å²) in [5, 5.41) is 13.5. The largest absolute Gasteiger partial charge is 0.478 e. The van der Waals surface area contributed by atoms with E-state index in [4.69, 9.17) is 5.11 Å². The third kappa shape index (κ3) is 2.88. The van der Waals surface area contributed by atoms with Crippen molar-refractivity contribution >= 4 is 28.2 Å². The molecule has 2 N–H and O–H groups in total. The molecule has 3 rings (SSSR count). The number of anilines is 2. The van der Waals surface area contributed by atoms with Gasteiger partial charge in [0, 0.05) is 16.8 Å². The van der Waals surface area contributed by atoms with E-state index >= 15 is 0 Å². The van der Waals surface area contributed by atoms with Crippen molar-refractivity contribution in [3.8, 4) is 0 Å². The van der Waals surface area contributed by atoms with Crippen molar-refractivity contribution in [2.24, 2.45) is 0 Å². The molecule has 1 aromatic heterocycles. The quantitative estimate of drug-likeness (QED) is 0.742. The van der Waals surface area contributed by atoms with Crippen molar-refractivity contribution in [1.82, 2.24) is 4.98 Å². The fourth-order valence-corrected chi connectivity index (χ4v) is 2.75. The second-order valence-electron chi connectivity index (χ2n) is 5.75. The van der Waals surface area contributed by atoms with Crippen LogP contribution in [-0.2, 0) is 0 Å². The number of hydrogen-bond acceptors (Lipinski definition) is 3. The molecule has 116 valence electrons. The van der Waals surface area contributed by atoms with E-state index in [1.165, 1.54) is 0 Å². The van der Waals surface area contributed by atoms with Gasteiger partial charge < -0.3 is 10.4 Å². The molecule has 0 aliphatic rings. The number of carbonyl (C=O) groups is 1. The number of pyridine rings is 1. The van der Waals surface area contributed by atoms with Crippen LogP contribution >= 0.6 is 0 Å². The maximum Gasteiger partial charge on any atom is 0.335 e. The standard InChI is InChI=1S/C19H18N2O2/c1-11-7-8-12(2)18-17(11)16(9-13(3)20-18)21-15-6-4-5-14(10-15)19(22)23/h4-10H,1-3H3,(H,20,21)(H,22,23). The Morgan fingerprint density at radius 3 is 2.52 bits per heavy atom. The van der Waals surface area contributed by atoms with E-state index in [-0.39, 0.29) is 5.56 Å². The van der Waals surface area contributed by atoms with Gasteiger partial charge >= 0.3 is 5.97 Å². The van der Waals surface area contributed by atoms with Gasteiger partial charge in [-0.25, -0.2) is 4.79 Å². The Morgan fingerprint density at radius 2 is 1.78 bits per heavy atom. The SMILES string of the molecule is Cc1cc(Nc2cccc(C(=O)O)c2)c2c(C)ccc(C)c2n1. The first-order valence-corrected chi connectivity index (χ1v) is 7.43. The van der Waals surface area contributed by atoms with Gasteiger partial charge in [-0.3, -0.25) is 4.98 Å². The maximum absolute atomic E-state index is 11.1. The molecule has 0 fully saturated rings. The second kappa shape index (κ2) is 5.72. The number of benzene rings is 2. The first kappa shape index (κ1) is 15.0. The van der Waals surface area contributed by atoms with Crippen LogP contribution in [0, 0.1) is 20.8 Å². The van der Waals surface area contributed by atoms with Crippen LogP contribution in [0.25, 0.3) is 10.9 Å². The number of hydrogen-bond donors (Lipinski definition) is 2. The van der Waals surface area contributed by atoms with Crippen molar-refractivity contribution in [2.45, 2.75) is 20.8 Å². The number of rotatable bonds is 3. The molecule has 0 spiro atoms. The van der Waals surface area contributed by atoms with Crippen LogP contribution in [0.15, 0.2) is 42.5 Å².